The minimum atomic E-state index is -0.166. The van der Waals surface area contributed by atoms with Crippen molar-refractivity contribution in [2.75, 3.05) is 11.9 Å². The van der Waals surface area contributed by atoms with E-state index in [0.717, 1.165) is 16.3 Å². The zero-order valence-electron chi connectivity index (χ0n) is 13.2. The van der Waals surface area contributed by atoms with Crippen LogP contribution < -0.4 is 10.1 Å². The number of hydrogen-bond donors (Lipinski definition) is 1. The Kier molecular flexibility index (Phi) is 6.81. The van der Waals surface area contributed by atoms with E-state index in [0.29, 0.717) is 18.0 Å². The first-order valence-corrected chi connectivity index (χ1v) is 8.91. The Bertz CT molecular complexity index is 646. The minimum Gasteiger partial charge on any atom is -0.492 e. The molecule has 0 bridgehead atoms. The first kappa shape index (κ1) is 17.7. The van der Waals surface area contributed by atoms with E-state index in [1.807, 2.05) is 62.4 Å². The molecular formula is C18H20ClNO2S. The molecule has 23 heavy (non-hydrogen) atoms. The van der Waals surface area contributed by atoms with E-state index in [1.165, 1.54) is 0 Å². The molecule has 122 valence electrons. The molecule has 0 fully saturated rings. The van der Waals surface area contributed by atoms with Crippen LogP contribution in [0, 0.1) is 0 Å². The number of para-hydroxylation sites is 2. The zero-order chi connectivity index (χ0) is 16.7. The number of amides is 1. The van der Waals surface area contributed by atoms with Gasteiger partial charge < -0.3 is 10.1 Å². The summed E-state index contributed by atoms with van der Waals surface area (Å²) in [7, 11) is 0. The molecule has 0 aromatic heterocycles. The number of rotatable bonds is 7. The topological polar surface area (TPSA) is 38.3 Å². The van der Waals surface area contributed by atoms with Crippen molar-refractivity contribution in [2.45, 2.75) is 24.9 Å². The Morgan fingerprint density at radius 2 is 1.91 bits per heavy atom. The van der Waals surface area contributed by atoms with Crippen molar-refractivity contribution in [3.63, 3.8) is 0 Å². The molecule has 1 N–H and O–H groups in total. The van der Waals surface area contributed by atoms with E-state index < -0.39 is 0 Å². The number of ether oxygens (including phenoxy) is 1. The summed E-state index contributed by atoms with van der Waals surface area (Å²) in [6.07, 6.45) is 0. The smallest absolute Gasteiger partial charge is 0.237 e. The lowest BCUT2D eigenvalue weighted by Crippen LogP contribution is -2.23. The van der Waals surface area contributed by atoms with Crippen LogP contribution in [0.1, 0.15) is 19.4 Å². The van der Waals surface area contributed by atoms with Gasteiger partial charge in [-0.05, 0) is 43.7 Å². The van der Waals surface area contributed by atoms with Gasteiger partial charge in [0.1, 0.15) is 5.75 Å². The molecule has 2 aromatic rings. The van der Waals surface area contributed by atoms with Gasteiger partial charge in [-0.1, -0.05) is 35.9 Å². The first-order valence-electron chi connectivity index (χ1n) is 7.49. The molecular weight excluding hydrogens is 330 g/mol. The van der Waals surface area contributed by atoms with Crippen LogP contribution in [-0.4, -0.2) is 17.8 Å². The van der Waals surface area contributed by atoms with E-state index >= 15 is 0 Å². The maximum atomic E-state index is 12.3. The predicted octanol–water partition coefficient (Wildman–Crippen LogP) is 5.00. The fourth-order valence-corrected chi connectivity index (χ4v) is 2.93. The van der Waals surface area contributed by atoms with Gasteiger partial charge in [0.25, 0.3) is 0 Å². The molecule has 0 spiro atoms. The second-order valence-electron chi connectivity index (χ2n) is 5.00. The van der Waals surface area contributed by atoms with Crippen molar-refractivity contribution in [3.05, 3.63) is 59.1 Å². The Balaban J connectivity index is 1.91. The van der Waals surface area contributed by atoms with Gasteiger partial charge in [-0.3, -0.25) is 4.79 Å². The molecule has 5 heteroatoms. The van der Waals surface area contributed by atoms with Gasteiger partial charge in [0.05, 0.1) is 17.5 Å². The highest BCUT2D eigenvalue weighted by Gasteiger charge is 2.15. The van der Waals surface area contributed by atoms with Gasteiger partial charge in [-0.25, -0.2) is 0 Å². The molecule has 2 rings (SSSR count). The molecule has 0 aliphatic rings. The van der Waals surface area contributed by atoms with E-state index in [2.05, 4.69) is 5.32 Å². The van der Waals surface area contributed by atoms with Gasteiger partial charge in [-0.15, -0.1) is 11.8 Å². The Morgan fingerprint density at radius 1 is 1.22 bits per heavy atom. The lowest BCUT2D eigenvalue weighted by atomic mass is 10.2. The summed E-state index contributed by atoms with van der Waals surface area (Å²) in [5.74, 6) is 1.42. The summed E-state index contributed by atoms with van der Waals surface area (Å²) in [6, 6.07) is 15.1. The molecule has 1 atom stereocenters. The first-order chi connectivity index (χ1) is 11.1. The number of carbonyl (C=O) groups is 1. The van der Waals surface area contributed by atoms with Crippen LogP contribution in [0.15, 0.2) is 48.5 Å². The zero-order valence-corrected chi connectivity index (χ0v) is 14.8. The largest absolute Gasteiger partial charge is 0.492 e. The predicted molar refractivity (Wildman–Crippen MR) is 98.4 cm³/mol. The summed E-state index contributed by atoms with van der Waals surface area (Å²) in [5, 5.41) is 3.49. The third-order valence-corrected chi connectivity index (χ3v) is 4.69. The van der Waals surface area contributed by atoms with Crippen molar-refractivity contribution in [3.8, 4) is 5.75 Å². The molecule has 0 unspecified atom stereocenters. The highest BCUT2D eigenvalue weighted by Crippen LogP contribution is 2.26. The third kappa shape index (κ3) is 5.48. The normalized spacial score (nSPS) is 11.8. The van der Waals surface area contributed by atoms with Crippen LogP contribution in [0.4, 0.5) is 5.69 Å². The molecule has 3 nitrogen and oxygen atoms in total. The van der Waals surface area contributed by atoms with Crippen molar-refractivity contribution in [2.24, 2.45) is 0 Å². The number of benzene rings is 2. The Labute approximate surface area is 146 Å². The molecule has 0 heterocycles. The summed E-state index contributed by atoms with van der Waals surface area (Å²) in [5.41, 5.74) is 1.85. The van der Waals surface area contributed by atoms with Crippen molar-refractivity contribution >= 4 is 35.0 Å². The Morgan fingerprint density at radius 3 is 2.61 bits per heavy atom. The van der Waals surface area contributed by atoms with Crippen molar-refractivity contribution < 1.29 is 9.53 Å². The summed E-state index contributed by atoms with van der Waals surface area (Å²) in [6.45, 7) is 4.39. The lowest BCUT2D eigenvalue weighted by molar-refractivity contribution is -0.115. The van der Waals surface area contributed by atoms with Crippen molar-refractivity contribution in [1.82, 2.24) is 0 Å². The summed E-state index contributed by atoms with van der Waals surface area (Å²) >= 11 is 7.46. The molecule has 0 radical (unpaired) electrons. The van der Waals surface area contributed by atoms with Gasteiger partial charge in [0.15, 0.2) is 0 Å². The Hall–Kier alpha value is -1.65. The number of thioether (sulfide) groups is 1. The molecule has 0 saturated heterocycles. The quantitative estimate of drug-likeness (QED) is 0.764. The maximum Gasteiger partial charge on any atom is 0.237 e. The van der Waals surface area contributed by atoms with E-state index in [9.17, 15) is 4.79 Å². The number of anilines is 1. The fourth-order valence-electron chi connectivity index (χ4n) is 1.96. The minimum absolute atomic E-state index is 0.0314. The summed E-state index contributed by atoms with van der Waals surface area (Å²) in [4.78, 5) is 12.3. The van der Waals surface area contributed by atoms with Crippen molar-refractivity contribution in [1.29, 1.82) is 0 Å². The van der Waals surface area contributed by atoms with Crippen LogP contribution in [-0.2, 0) is 10.5 Å². The highest BCUT2D eigenvalue weighted by atomic mass is 35.5. The highest BCUT2D eigenvalue weighted by molar-refractivity contribution is 7.99. The van der Waals surface area contributed by atoms with Crippen LogP contribution in [0.2, 0.25) is 5.02 Å². The van der Waals surface area contributed by atoms with E-state index in [1.54, 1.807) is 11.8 Å². The number of hydrogen-bond acceptors (Lipinski definition) is 3. The van der Waals surface area contributed by atoms with E-state index in [-0.39, 0.29) is 11.2 Å². The van der Waals surface area contributed by atoms with Gasteiger partial charge in [0, 0.05) is 10.8 Å². The third-order valence-electron chi connectivity index (χ3n) is 3.23. The lowest BCUT2D eigenvalue weighted by Gasteiger charge is -2.15. The second kappa shape index (κ2) is 8.85. The molecule has 0 aliphatic carbocycles. The van der Waals surface area contributed by atoms with Gasteiger partial charge >= 0.3 is 0 Å². The SMILES string of the molecule is CCOc1ccccc1NC(=O)[C@@H](C)SCc1ccc(Cl)cc1. The monoisotopic (exact) mass is 349 g/mol. The van der Waals surface area contributed by atoms with Gasteiger partial charge in [-0.2, -0.15) is 0 Å². The van der Waals surface area contributed by atoms with Gasteiger partial charge in [0.2, 0.25) is 5.91 Å². The molecule has 2 aromatic carbocycles. The maximum absolute atomic E-state index is 12.3. The average molecular weight is 350 g/mol. The van der Waals surface area contributed by atoms with Crippen LogP contribution in [0.25, 0.3) is 0 Å². The molecule has 0 saturated carbocycles. The standard InChI is InChI=1S/C18H20ClNO2S/c1-3-22-17-7-5-4-6-16(17)20-18(21)13(2)23-12-14-8-10-15(19)11-9-14/h4-11,13H,3,12H2,1-2H3,(H,20,21)/t13-/m1/s1. The average Bonchev–Trinajstić information content (AvgIpc) is 2.56. The van der Waals surface area contributed by atoms with Crippen LogP contribution in [0.3, 0.4) is 0 Å². The summed E-state index contributed by atoms with van der Waals surface area (Å²) < 4.78 is 5.52. The molecule has 0 aliphatic heterocycles. The second-order valence-corrected chi connectivity index (χ2v) is 6.76. The fraction of sp³-hybridized carbons (Fsp3) is 0.278. The van der Waals surface area contributed by atoms with E-state index in [4.69, 9.17) is 16.3 Å². The number of halogens is 1. The van der Waals surface area contributed by atoms with Crippen LogP contribution in [0.5, 0.6) is 5.75 Å². The number of carbonyl (C=O) groups excluding carboxylic acids is 1. The molecule has 1 amide bonds. The van der Waals surface area contributed by atoms with Crippen LogP contribution >= 0.6 is 23.4 Å². The number of nitrogens with one attached hydrogen (secondary N) is 1.